The number of hydrogen-bond acceptors (Lipinski definition) is 2. The molecule has 0 radical (unpaired) electrons. The molecule has 1 heterocycles. The van der Waals surface area contributed by atoms with Crippen molar-refractivity contribution in [2.24, 2.45) is 7.05 Å². The fourth-order valence-corrected chi connectivity index (χ4v) is 1.31. The summed E-state index contributed by atoms with van der Waals surface area (Å²) in [4.78, 5) is 11.2. The molecular weight excluding hydrogens is 208 g/mol. The number of aromatic nitrogens is 1. The largest absolute Gasteiger partial charge is 0.397 e. The van der Waals surface area contributed by atoms with E-state index in [0.29, 0.717) is 10.2 Å². The van der Waals surface area contributed by atoms with Gasteiger partial charge in [0.05, 0.1) is 10.2 Å². The number of nitrogens with two attached hydrogens (primary N) is 1. The zero-order valence-electron chi connectivity index (χ0n) is 6.39. The molecule has 0 atom stereocenters. The minimum absolute atomic E-state index is 0.0586. The lowest BCUT2D eigenvalue weighted by Gasteiger charge is -2.04. The smallest absolute Gasteiger partial charge is 0.264 e. The van der Waals surface area contributed by atoms with E-state index in [2.05, 4.69) is 15.9 Å². The molecule has 0 unspecified atom stereocenters. The van der Waals surface area contributed by atoms with Crippen LogP contribution in [0.5, 0.6) is 0 Å². The maximum Gasteiger partial charge on any atom is 0.264 e. The van der Waals surface area contributed by atoms with Gasteiger partial charge in [0.25, 0.3) is 5.56 Å². The van der Waals surface area contributed by atoms with Crippen molar-refractivity contribution in [3.8, 4) is 0 Å². The molecule has 0 spiro atoms. The first kappa shape index (κ1) is 8.33. The van der Waals surface area contributed by atoms with Gasteiger partial charge in [-0.15, -0.1) is 0 Å². The van der Waals surface area contributed by atoms with Gasteiger partial charge in [-0.05, 0) is 28.4 Å². The average Bonchev–Trinajstić information content (AvgIpc) is 1.97. The summed E-state index contributed by atoms with van der Waals surface area (Å²) >= 11 is 3.17. The summed E-state index contributed by atoms with van der Waals surface area (Å²) in [5.74, 6) is 0. The van der Waals surface area contributed by atoms with E-state index < -0.39 is 0 Å². The number of halogens is 1. The average molecular weight is 217 g/mol. The fraction of sp³-hybridized carbons (Fsp3) is 0.286. The van der Waals surface area contributed by atoms with Crippen LogP contribution in [0.2, 0.25) is 0 Å². The summed E-state index contributed by atoms with van der Waals surface area (Å²) in [5.41, 5.74) is 6.97. The summed E-state index contributed by atoms with van der Waals surface area (Å²) < 4.78 is 1.99. The van der Waals surface area contributed by atoms with Crippen molar-refractivity contribution in [1.29, 1.82) is 0 Å². The van der Waals surface area contributed by atoms with E-state index >= 15 is 0 Å². The highest BCUT2D eigenvalue weighted by Gasteiger charge is 2.04. The van der Waals surface area contributed by atoms with Crippen LogP contribution in [0.25, 0.3) is 0 Å². The minimum Gasteiger partial charge on any atom is -0.397 e. The maximum atomic E-state index is 11.2. The van der Waals surface area contributed by atoms with Gasteiger partial charge in [-0.3, -0.25) is 4.79 Å². The maximum absolute atomic E-state index is 11.2. The van der Waals surface area contributed by atoms with Crippen LogP contribution in [-0.2, 0) is 7.05 Å². The van der Waals surface area contributed by atoms with Crippen molar-refractivity contribution in [2.45, 2.75) is 6.92 Å². The molecule has 0 amide bonds. The molecule has 1 aromatic rings. The summed E-state index contributed by atoms with van der Waals surface area (Å²) in [7, 11) is 1.67. The highest BCUT2D eigenvalue weighted by Crippen LogP contribution is 2.15. The number of nitrogens with zero attached hydrogens (tertiary/aromatic N) is 1. The molecule has 0 aliphatic rings. The predicted molar refractivity (Wildman–Crippen MR) is 48.5 cm³/mol. The van der Waals surface area contributed by atoms with Gasteiger partial charge in [0.15, 0.2) is 0 Å². The monoisotopic (exact) mass is 216 g/mol. The Morgan fingerprint density at radius 3 is 2.73 bits per heavy atom. The van der Waals surface area contributed by atoms with Crippen molar-refractivity contribution in [3.05, 3.63) is 26.6 Å². The van der Waals surface area contributed by atoms with E-state index in [1.54, 1.807) is 20.2 Å². The molecule has 0 aromatic carbocycles. The second kappa shape index (κ2) is 2.70. The Balaban J connectivity index is 3.59. The molecule has 0 saturated heterocycles. The molecule has 0 fully saturated rings. The van der Waals surface area contributed by atoms with Gasteiger partial charge >= 0.3 is 0 Å². The molecule has 11 heavy (non-hydrogen) atoms. The zero-order chi connectivity index (χ0) is 8.59. The lowest BCUT2D eigenvalue weighted by atomic mass is 10.2. The van der Waals surface area contributed by atoms with Gasteiger partial charge in [0.2, 0.25) is 0 Å². The van der Waals surface area contributed by atoms with Crippen LogP contribution in [0.1, 0.15) is 5.56 Å². The molecule has 0 saturated carbocycles. The molecule has 0 aliphatic carbocycles. The van der Waals surface area contributed by atoms with Gasteiger partial charge in [-0.1, -0.05) is 0 Å². The van der Waals surface area contributed by atoms with E-state index in [-0.39, 0.29) is 5.56 Å². The predicted octanol–water partition coefficient (Wildman–Crippen LogP) is 1.04. The summed E-state index contributed by atoms with van der Waals surface area (Å²) in [6, 6.07) is 0. The van der Waals surface area contributed by atoms with Crippen LogP contribution >= 0.6 is 15.9 Å². The number of anilines is 1. The number of nitrogen functional groups attached to an aromatic ring is 1. The third-order valence-electron chi connectivity index (χ3n) is 1.60. The van der Waals surface area contributed by atoms with Crippen LogP contribution in [0, 0.1) is 6.92 Å². The van der Waals surface area contributed by atoms with Crippen LogP contribution < -0.4 is 11.3 Å². The fourth-order valence-electron chi connectivity index (χ4n) is 0.806. The number of pyridine rings is 1. The Morgan fingerprint density at radius 1 is 1.64 bits per heavy atom. The Labute approximate surface area is 73.0 Å². The third kappa shape index (κ3) is 1.30. The first-order chi connectivity index (χ1) is 5.04. The van der Waals surface area contributed by atoms with Crippen LogP contribution in [0.15, 0.2) is 15.5 Å². The van der Waals surface area contributed by atoms with Crippen LogP contribution in [-0.4, -0.2) is 4.57 Å². The van der Waals surface area contributed by atoms with Crippen LogP contribution in [0.3, 0.4) is 0 Å². The van der Waals surface area contributed by atoms with E-state index in [4.69, 9.17) is 5.73 Å². The van der Waals surface area contributed by atoms with Gasteiger partial charge in [0, 0.05) is 13.2 Å². The van der Waals surface area contributed by atoms with E-state index in [0.717, 1.165) is 5.56 Å². The molecule has 3 nitrogen and oxygen atoms in total. The molecule has 1 rings (SSSR count). The van der Waals surface area contributed by atoms with Gasteiger partial charge in [0.1, 0.15) is 0 Å². The highest BCUT2D eigenvalue weighted by atomic mass is 79.9. The van der Waals surface area contributed by atoms with Crippen molar-refractivity contribution in [2.75, 3.05) is 5.73 Å². The Bertz CT molecular complexity index is 343. The first-order valence-corrected chi connectivity index (χ1v) is 3.94. The molecular formula is C7H9BrN2O. The van der Waals surface area contributed by atoms with Crippen molar-refractivity contribution >= 4 is 21.6 Å². The quantitative estimate of drug-likeness (QED) is 0.705. The Morgan fingerprint density at radius 2 is 2.18 bits per heavy atom. The molecule has 0 bridgehead atoms. The molecule has 60 valence electrons. The van der Waals surface area contributed by atoms with Gasteiger partial charge in [-0.25, -0.2) is 0 Å². The molecule has 2 N–H and O–H groups in total. The van der Waals surface area contributed by atoms with Crippen LogP contribution in [0.4, 0.5) is 5.69 Å². The molecule has 1 aromatic heterocycles. The minimum atomic E-state index is -0.0586. The standard InChI is InChI=1S/C7H9BrN2O/c1-4-5(9)3-10(2)7(11)6(4)8/h3H,9H2,1-2H3. The highest BCUT2D eigenvalue weighted by molar-refractivity contribution is 9.10. The summed E-state index contributed by atoms with van der Waals surface area (Å²) in [5, 5.41) is 0. The van der Waals surface area contributed by atoms with E-state index in [1.165, 1.54) is 4.57 Å². The second-order valence-electron chi connectivity index (χ2n) is 2.44. The Hall–Kier alpha value is -0.770. The summed E-state index contributed by atoms with van der Waals surface area (Å²) in [6.45, 7) is 1.81. The third-order valence-corrected chi connectivity index (χ3v) is 2.54. The second-order valence-corrected chi connectivity index (χ2v) is 3.23. The Kier molecular flexibility index (Phi) is 2.04. The van der Waals surface area contributed by atoms with Gasteiger partial charge in [-0.2, -0.15) is 0 Å². The van der Waals surface area contributed by atoms with E-state index in [9.17, 15) is 4.79 Å². The SMILES string of the molecule is Cc1c(N)cn(C)c(=O)c1Br. The molecule has 4 heteroatoms. The zero-order valence-corrected chi connectivity index (χ0v) is 7.97. The lowest BCUT2D eigenvalue weighted by Crippen LogP contribution is -2.18. The number of hydrogen-bond donors (Lipinski definition) is 1. The van der Waals surface area contributed by atoms with Crippen molar-refractivity contribution < 1.29 is 0 Å². The number of aryl methyl sites for hydroxylation is 1. The topological polar surface area (TPSA) is 48.0 Å². The van der Waals surface area contributed by atoms with E-state index in [1.807, 2.05) is 0 Å². The lowest BCUT2D eigenvalue weighted by molar-refractivity contribution is 0.851. The normalized spacial score (nSPS) is 10.1. The van der Waals surface area contributed by atoms with Crippen molar-refractivity contribution in [1.82, 2.24) is 4.57 Å². The van der Waals surface area contributed by atoms with Crippen molar-refractivity contribution in [3.63, 3.8) is 0 Å². The first-order valence-electron chi connectivity index (χ1n) is 3.15. The number of rotatable bonds is 0. The summed E-state index contributed by atoms with van der Waals surface area (Å²) in [6.07, 6.45) is 1.61. The molecule has 0 aliphatic heterocycles. The van der Waals surface area contributed by atoms with Gasteiger partial charge < -0.3 is 10.3 Å².